The van der Waals surface area contributed by atoms with Crippen molar-refractivity contribution < 1.29 is 33.1 Å². The number of esters is 1. The third kappa shape index (κ3) is 4.88. The molecule has 1 aliphatic heterocycles. The van der Waals surface area contributed by atoms with Crippen molar-refractivity contribution in [3.63, 3.8) is 0 Å². The molecular weight excluding hydrogens is 512 g/mol. The number of imide groups is 1. The number of hydrogen-bond acceptors (Lipinski definition) is 7. The first kappa shape index (κ1) is 25.2. The Bertz CT molecular complexity index is 1400. The molecule has 9 nitrogen and oxygen atoms in total. The fraction of sp³-hybridized carbons (Fsp3) is 0.179. The summed E-state index contributed by atoms with van der Waals surface area (Å²) >= 11 is 5.95. The van der Waals surface area contributed by atoms with Gasteiger partial charge in [-0.3, -0.25) is 19.2 Å². The molecule has 1 aromatic heterocycles. The van der Waals surface area contributed by atoms with E-state index in [1.165, 1.54) is 60.9 Å². The van der Waals surface area contributed by atoms with Gasteiger partial charge in [-0.2, -0.15) is 5.01 Å². The number of fused-ring (bicyclic) bond motifs is 1. The number of hydrazine groups is 1. The van der Waals surface area contributed by atoms with Crippen molar-refractivity contribution in [3.05, 3.63) is 101 Å². The van der Waals surface area contributed by atoms with E-state index in [0.717, 1.165) is 10.0 Å². The third-order valence-corrected chi connectivity index (χ3v) is 6.71. The van der Waals surface area contributed by atoms with Crippen LogP contribution in [0.15, 0.2) is 83.5 Å². The number of allylic oxidation sites excluding steroid dienone is 2. The maximum absolute atomic E-state index is 13.5. The normalized spacial score (nSPS) is 18.3. The van der Waals surface area contributed by atoms with E-state index in [4.69, 9.17) is 20.8 Å². The van der Waals surface area contributed by atoms with Gasteiger partial charge in [-0.15, -0.1) is 0 Å². The van der Waals surface area contributed by atoms with Crippen LogP contribution in [-0.2, 0) is 9.59 Å². The predicted molar refractivity (Wildman–Crippen MR) is 134 cm³/mol. The third-order valence-electron chi connectivity index (χ3n) is 6.45. The molecule has 3 amide bonds. The minimum atomic E-state index is -0.698. The number of carbonyl (C=O) groups excluding carboxylic acids is 5. The van der Waals surface area contributed by atoms with Crippen LogP contribution in [0.5, 0.6) is 5.75 Å². The average Bonchev–Trinajstić information content (AvgIpc) is 3.56. The summed E-state index contributed by atoms with van der Waals surface area (Å²) in [4.78, 5) is 65.3. The van der Waals surface area contributed by atoms with Crippen molar-refractivity contribution in [2.24, 2.45) is 11.8 Å². The molecule has 5 rings (SSSR count). The van der Waals surface area contributed by atoms with Gasteiger partial charge in [-0.1, -0.05) is 23.8 Å². The van der Waals surface area contributed by atoms with E-state index in [9.17, 15) is 24.0 Å². The van der Waals surface area contributed by atoms with Crippen LogP contribution in [0, 0.1) is 11.8 Å². The highest BCUT2D eigenvalue weighted by atomic mass is 35.5. The molecule has 0 saturated carbocycles. The first-order chi connectivity index (χ1) is 18.3. The Labute approximate surface area is 222 Å². The molecule has 1 saturated heterocycles. The van der Waals surface area contributed by atoms with Crippen LogP contribution in [-0.4, -0.2) is 46.0 Å². The largest absolute Gasteiger partial charge is 0.457 e. The molecule has 1 aliphatic carbocycles. The monoisotopic (exact) mass is 532 g/mol. The molecule has 2 aromatic carbocycles. The van der Waals surface area contributed by atoms with E-state index in [1.807, 2.05) is 12.2 Å². The SMILES string of the molecule is O=C(CN(C(=O)c1ccc(Cl)cc1)N1C(=O)[C@H]2CC=CC[C@@H]2C1=O)c1ccc(OC(=O)c2ccco2)cc1. The van der Waals surface area contributed by atoms with Crippen molar-refractivity contribution in [3.8, 4) is 5.75 Å². The van der Waals surface area contributed by atoms with Crippen LogP contribution < -0.4 is 4.74 Å². The van der Waals surface area contributed by atoms with Crippen molar-refractivity contribution in [1.29, 1.82) is 0 Å². The lowest BCUT2D eigenvalue weighted by molar-refractivity contribution is -0.154. The highest BCUT2D eigenvalue weighted by molar-refractivity contribution is 6.30. The molecule has 10 heteroatoms. The first-order valence-corrected chi connectivity index (χ1v) is 12.2. The lowest BCUT2D eigenvalue weighted by atomic mass is 9.85. The molecule has 2 heterocycles. The lowest BCUT2D eigenvalue weighted by Gasteiger charge is -2.30. The van der Waals surface area contributed by atoms with Gasteiger partial charge in [0.1, 0.15) is 12.3 Å². The number of ether oxygens (including phenoxy) is 1. The number of rotatable bonds is 7. The minimum Gasteiger partial charge on any atom is -0.457 e. The van der Waals surface area contributed by atoms with Gasteiger partial charge in [0.2, 0.25) is 5.76 Å². The molecular formula is C28H21ClN2O7. The van der Waals surface area contributed by atoms with Gasteiger partial charge in [0.25, 0.3) is 17.7 Å². The summed E-state index contributed by atoms with van der Waals surface area (Å²) < 4.78 is 10.2. The molecule has 0 bridgehead atoms. The Kier molecular flexibility index (Phi) is 6.93. The van der Waals surface area contributed by atoms with Crippen LogP contribution >= 0.6 is 11.6 Å². The number of amides is 3. The van der Waals surface area contributed by atoms with Gasteiger partial charge in [-0.05, 0) is 73.5 Å². The Morgan fingerprint density at radius 2 is 1.50 bits per heavy atom. The maximum Gasteiger partial charge on any atom is 0.379 e. The molecule has 38 heavy (non-hydrogen) atoms. The van der Waals surface area contributed by atoms with Gasteiger partial charge in [-0.25, -0.2) is 9.80 Å². The summed E-state index contributed by atoms with van der Waals surface area (Å²) in [5.41, 5.74) is 0.353. The van der Waals surface area contributed by atoms with Crippen LogP contribution in [0.4, 0.5) is 0 Å². The molecule has 2 atom stereocenters. The predicted octanol–water partition coefficient (Wildman–Crippen LogP) is 4.34. The number of benzene rings is 2. The van der Waals surface area contributed by atoms with Crippen LogP contribution in [0.2, 0.25) is 5.02 Å². The van der Waals surface area contributed by atoms with E-state index >= 15 is 0 Å². The number of carbonyl (C=O) groups is 5. The second-order valence-corrected chi connectivity index (χ2v) is 9.26. The average molecular weight is 533 g/mol. The first-order valence-electron chi connectivity index (χ1n) is 11.8. The maximum atomic E-state index is 13.5. The summed E-state index contributed by atoms with van der Waals surface area (Å²) in [6, 6.07) is 14.6. The zero-order chi connectivity index (χ0) is 26.8. The van der Waals surface area contributed by atoms with Gasteiger partial charge >= 0.3 is 5.97 Å². The minimum absolute atomic E-state index is 0.0252. The smallest absolute Gasteiger partial charge is 0.379 e. The number of furan rings is 1. The highest BCUT2D eigenvalue weighted by Gasteiger charge is 2.51. The summed E-state index contributed by atoms with van der Waals surface area (Å²) in [6.07, 6.45) is 5.80. The zero-order valence-corrected chi connectivity index (χ0v) is 20.7. The summed E-state index contributed by atoms with van der Waals surface area (Å²) in [7, 11) is 0. The summed E-state index contributed by atoms with van der Waals surface area (Å²) in [5, 5.41) is 2.12. The Morgan fingerprint density at radius 1 is 0.895 bits per heavy atom. The van der Waals surface area contributed by atoms with Crippen molar-refractivity contribution in [2.45, 2.75) is 12.8 Å². The van der Waals surface area contributed by atoms with E-state index in [0.29, 0.717) is 17.9 Å². The van der Waals surface area contributed by atoms with Crippen LogP contribution in [0.1, 0.15) is 44.1 Å². The Balaban J connectivity index is 1.38. The molecule has 0 unspecified atom stereocenters. The molecule has 0 N–H and O–H groups in total. The number of ketones is 1. The fourth-order valence-corrected chi connectivity index (χ4v) is 4.61. The second kappa shape index (κ2) is 10.5. The standard InChI is InChI=1S/C28H21ClN2O7/c29-19-11-7-18(8-12-19)25(33)30(31-26(34)21-4-1-2-5-22(21)27(31)35)16-23(32)17-9-13-20(14-10-17)38-28(36)24-6-3-15-37-24/h1-3,6-15,21-22H,4-5,16H2/t21-,22-/m0/s1. The highest BCUT2D eigenvalue weighted by Crippen LogP contribution is 2.36. The number of nitrogens with zero attached hydrogens (tertiary/aromatic N) is 2. The number of hydrogen-bond donors (Lipinski definition) is 0. The van der Waals surface area contributed by atoms with Gasteiger partial charge in [0.15, 0.2) is 5.78 Å². The van der Waals surface area contributed by atoms with Crippen molar-refractivity contribution in [1.82, 2.24) is 10.0 Å². The summed E-state index contributed by atoms with van der Waals surface area (Å²) in [6.45, 7) is -0.558. The van der Waals surface area contributed by atoms with Gasteiger partial charge < -0.3 is 9.15 Å². The lowest BCUT2D eigenvalue weighted by Crippen LogP contribution is -2.52. The number of halogens is 1. The topological polar surface area (TPSA) is 114 Å². The zero-order valence-electron chi connectivity index (χ0n) is 19.9. The van der Waals surface area contributed by atoms with Crippen LogP contribution in [0.3, 0.4) is 0 Å². The molecule has 0 spiro atoms. The molecule has 0 radical (unpaired) electrons. The van der Waals surface area contributed by atoms with Crippen molar-refractivity contribution >= 4 is 41.1 Å². The van der Waals surface area contributed by atoms with E-state index < -0.39 is 47.9 Å². The molecule has 2 aliphatic rings. The Hall–Kier alpha value is -4.50. The van der Waals surface area contributed by atoms with E-state index in [1.54, 1.807) is 6.07 Å². The molecule has 192 valence electrons. The molecule has 1 fully saturated rings. The van der Waals surface area contributed by atoms with E-state index in [2.05, 4.69) is 0 Å². The second-order valence-electron chi connectivity index (χ2n) is 8.83. The van der Waals surface area contributed by atoms with Gasteiger partial charge in [0.05, 0.1) is 18.1 Å². The van der Waals surface area contributed by atoms with E-state index in [-0.39, 0.29) is 22.6 Å². The quantitative estimate of drug-likeness (QED) is 0.146. The fourth-order valence-electron chi connectivity index (χ4n) is 4.48. The van der Waals surface area contributed by atoms with Crippen molar-refractivity contribution in [2.75, 3.05) is 6.54 Å². The summed E-state index contributed by atoms with van der Waals surface area (Å²) in [5.74, 6) is -3.89. The Morgan fingerprint density at radius 3 is 2.08 bits per heavy atom. The molecule has 3 aromatic rings. The van der Waals surface area contributed by atoms with Crippen LogP contribution in [0.25, 0.3) is 0 Å². The van der Waals surface area contributed by atoms with Gasteiger partial charge in [0, 0.05) is 16.1 Å². The number of Topliss-reactive ketones (excluding diaryl/α,β-unsaturated/α-hetero) is 1.